The lowest BCUT2D eigenvalue weighted by atomic mass is 9.83. The summed E-state index contributed by atoms with van der Waals surface area (Å²) in [6, 6.07) is 15.0. The molecule has 1 amide bonds. The van der Waals surface area contributed by atoms with E-state index in [4.69, 9.17) is 30.6 Å². The zero-order valence-electron chi connectivity index (χ0n) is 14.8. The Morgan fingerprint density at radius 1 is 1.04 bits per heavy atom. The van der Waals surface area contributed by atoms with Gasteiger partial charge in [-0.1, -0.05) is 18.5 Å². The molecule has 1 aliphatic rings. The fourth-order valence-electron chi connectivity index (χ4n) is 2.51. The zero-order chi connectivity index (χ0) is 18.8. The van der Waals surface area contributed by atoms with Crippen LogP contribution in [0.15, 0.2) is 48.5 Å². The number of halogens is 1. The largest absolute Gasteiger partial charge is 0.493 e. The average molecular weight is 378 g/mol. The van der Waals surface area contributed by atoms with Crippen molar-refractivity contribution in [2.24, 2.45) is 11.1 Å². The number of carbonyl (C=O) groups is 1. The van der Waals surface area contributed by atoms with E-state index in [-0.39, 0.29) is 11.8 Å². The van der Waals surface area contributed by atoms with E-state index in [2.05, 4.69) is 12.7 Å². The number of carbonyl (C=O) groups excluding carboxylic acids is 1. The molecule has 2 aromatic rings. The minimum absolute atomic E-state index is 0.205. The molecule has 6 heteroatoms. The lowest BCUT2D eigenvalue weighted by molar-refractivity contribution is -0.106. The Balaban J connectivity index is 0.000000758. The van der Waals surface area contributed by atoms with Crippen LogP contribution < -0.4 is 15.2 Å². The number of hydrogen-bond acceptors (Lipinski definition) is 4. The van der Waals surface area contributed by atoms with Crippen molar-refractivity contribution < 1.29 is 19.0 Å². The monoisotopic (exact) mass is 377 g/mol. The molecule has 140 valence electrons. The smallest absolute Gasteiger partial charge is 0.204 e. The predicted molar refractivity (Wildman–Crippen MR) is 102 cm³/mol. The summed E-state index contributed by atoms with van der Waals surface area (Å²) < 4.78 is 17.1. The number of primary amides is 1. The van der Waals surface area contributed by atoms with E-state index in [0.29, 0.717) is 11.6 Å². The summed E-state index contributed by atoms with van der Waals surface area (Å²) in [4.78, 5) is 8.58. The first-order valence-corrected chi connectivity index (χ1v) is 8.82. The van der Waals surface area contributed by atoms with Crippen LogP contribution in [-0.4, -0.2) is 26.2 Å². The Morgan fingerprint density at radius 3 is 2.04 bits per heavy atom. The van der Waals surface area contributed by atoms with Gasteiger partial charge in [-0.05, 0) is 61.4 Å². The molecule has 2 N–H and O–H groups in total. The van der Waals surface area contributed by atoms with Crippen molar-refractivity contribution in [3.8, 4) is 17.2 Å². The van der Waals surface area contributed by atoms with E-state index in [1.807, 2.05) is 48.5 Å². The normalized spacial score (nSPS) is 15.3. The third kappa shape index (κ3) is 6.58. The second kappa shape index (κ2) is 10.0. The summed E-state index contributed by atoms with van der Waals surface area (Å²) in [7, 11) is 0. The van der Waals surface area contributed by atoms with Crippen LogP contribution in [0.3, 0.4) is 0 Å². The van der Waals surface area contributed by atoms with Crippen LogP contribution in [0.5, 0.6) is 17.2 Å². The number of benzene rings is 2. The minimum Gasteiger partial charge on any atom is -0.493 e. The summed E-state index contributed by atoms with van der Waals surface area (Å²) in [5, 5.41) is 0.697. The molecule has 0 radical (unpaired) electrons. The SMILES string of the molecule is CC1(COc2ccc(Oc3ccc(Cl)cc3)cc2)CCOCC1.NC=O. The van der Waals surface area contributed by atoms with Crippen LogP contribution in [0.1, 0.15) is 19.8 Å². The van der Waals surface area contributed by atoms with Crippen molar-refractivity contribution in [2.75, 3.05) is 19.8 Å². The standard InChI is InChI=1S/C19H21ClO3.CH3NO/c1-19(10-12-21-13-11-19)14-22-16-6-8-18(9-7-16)23-17-4-2-15(20)3-5-17;2-1-3/h2-9H,10-14H2,1H3;1H,(H2,2,3). The Hall–Kier alpha value is -2.24. The summed E-state index contributed by atoms with van der Waals surface area (Å²) >= 11 is 5.87. The van der Waals surface area contributed by atoms with E-state index in [0.717, 1.165) is 43.3 Å². The molecule has 0 saturated carbocycles. The third-order valence-corrected chi connectivity index (χ3v) is 4.41. The first-order chi connectivity index (χ1) is 12.5. The van der Waals surface area contributed by atoms with Crippen molar-refractivity contribution in [2.45, 2.75) is 19.8 Å². The summed E-state index contributed by atoms with van der Waals surface area (Å²) in [6.45, 7) is 4.63. The fourth-order valence-corrected chi connectivity index (χ4v) is 2.63. The highest BCUT2D eigenvalue weighted by Gasteiger charge is 2.28. The van der Waals surface area contributed by atoms with Crippen molar-refractivity contribution in [1.82, 2.24) is 0 Å². The zero-order valence-corrected chi connectivity index (χ0v) is 15.6. The molecule has 1 aliphatic heterocycles. The number of ether oxygens (including phenoxy) is 3. The van der Waals surface area contributed by atoms with Gasteiger partial charge in [0.05, 0.1) is 6.61 Å². The van der Waals surface area contributed by atoms with Crippen molar-refractivity contribution >= 4 is 18.0 Å². The van der Waals surface area contributed by atoms with Gasteiger partial charge in [-0.15, -0.1) is 0 Å². The number of hydrogen-bond donors (Lipinski definition) is 1. The maximum atomic E-state index is 8.58. The number of amides is 1. The number of nitrogens with two attached hydrogens (primary N) is 1. The lowest BCUT2D eigenvalue weighted by Gasteiger charge is -2.33. The predicted octanol–water partition coefficient (Wildman–Crippen LogP) is 4.43. The highest BCUT2D eigenvalue weighted by atomic mass is 35.5. The summed E-state index contributed by atoms with van der Waals surface area (Å²) in [5.41, 5.74) is 4.37. The maximum Gasteiger partial charge on any atom is 0.204 e. The lowest BCUT2D eigenvalue weighted by Crippen LogP contribution is -2.32. The molecule has 26 heavy (non-hydrogen) atoms. The van der Waals surface area contributed by atoms with Crippen molar-refractivity contribution in [3.63, 3.8) is 0 Å². The van der Waals surface area contributed by atoms with Crippen LogP contribution in [-0.2, 0) is 9.53 Å². The minimum atomic E-state index is 0.205. The highest BCUT2D eigenvalue weighted by molar-refractivity contribution is 6.30. The Kier molecular flexibility index (Phi) is 7.75. The first kappa shape index (κ1) is 20.1. The molecule has 5 nitrogen and oxygen atoms in total. The molecule has 0 spiro atoms. The molecule has 1 fully saturated rings. The van der Waals surface area contributed by atoms with Crippen LogP contribution in [0.4, 0.5) is 0 Å². The molecule has 3 rings (SSSR count). The van der Waals surface area contributed by atoms with E-state index in [1.165, 1.54) is 0 Å². The molecule has 0 aromatic heterocycles. The van der Waals surface area contributed by atoms with Gasteiger partial charge in [-0.3, -0.25) is 4.79 Å². The van der Waals surface area contributed by atoms with Gasteiger partial charge in [0.25, 0.3) is 0 Å². The molecule has 0 bridgehead atoms. The van der Waals surface area contributed by atoms with Gasteiger partial charge >= 0.3 is 0 Å². The average Bonchev–Trinajstić information content (AvgIpc) is 2.64. The molecular weight excluding hydrogens is 354 g/mol. The van der Waals surface area contributed by atoms with Gasteiger partial charge in [0, 0.05) is 23.7 Å². The van der Waals surface area contributed by atoms with Gasteiger partial charge in [-0.2, -0.15) is 0 Å². The van der Waals surface area contributed by atoms with Gasteiger partial charge in [0.2, 0.25) is 6.41 Å². The van der Waals surface area contributed by atoms with E-state index >= 15 is 0 Å². The quantitative estimate of drug-likeness (QED) is 0.782. The topological polar surface area (TPSA) is 70.8 Å². The second-order valence-electron chi connectivity index (χ2n) is 6.38. The second-order valence-corrected chi connectivity index (χ2v) is 6.81. The van der Waals surface area contributed by atoms with Crippen molar-refractivity contribution in [1.29, 1.82) is 0 Å². The fraction of sp³-hybridized carbons (Fsp3) is 0.350. The van der Waals surface area contributed by atoms with Crippen molar-refractivity contribution in [3.05, 3.63) is 53.6 Å². The van der Waals surface area contributed by atoms with Gasteiger partial charge in [-0.25, -0.2) is 0 Å². The van der Waals surface area contributed by atoms with Crippen LogP contribution in [0.2, 0.25) is 5.02 Å². The van der Waals surface area contributed by atoms with E-state index < -0.39 is 0 Å². The Labute approximate surface area is 159 Å². The molecule has 1 saturated heterocycles. The molecular formula is C20H24ClNO4. The summed E-state index contributed by atoms with van der Waals surface area (Å²) in [6.07, 6.45) is 2.34. The highest BCUT2D eigenvalue weighted by Crippen LogP contribution is 2.31. The van der Waals surface area contributed by atoms with E-state index in [9.17, 15) is 0 Å². The molecule has 0 aliphatic carbocycles. The molecule has 0 unspecified atom stereocenters. The Bertz CT molecular complexity index is 667. The van der Waals surface area contributed by atoms with E-state index in [1.54, 1.807) is 0 Å². The summed E-state index contributed by atoms with van der Waals surface area (Å²) in [5.74, 6) is 2.40. The van der Waals surface area contributed by atoms with Crippen LogP contribution in [0, 0.1) is 5.41 Å². The molecule has 0 atom stereocenters. The van der Waals surface area contributed by atoms with Gasteiger partial charge in [0.1, 0.15) is 17.2 Å². The van der Waals surface area contributed by atoms with Gasteiger partial charge < -0.3 is 19.9 Å². The molecule has 1 heterocycles. The van der Waals surface area contributed by atoms with Gasteiger partial charge in [0.15, 0.2) is 0 Å². The first-order valence-electron chi connectivity index (χ1n) is 8.44. The van der Waals surface area contributed by atoms with Crippen LogP contribution in [0.25, 0.3) is 0 Å². The third-order valence-electron chi connectivity index (χ3n) is 4.16. The van der Waals surface area contributed by atoms with Crippen LogP contribution >= 0.6 is 11.6 Å². The molecule has 2 aromatic carbocycles. The number of rotatable bonds is 5. The Morgan fingerprint density at radius 2 is 1.50 bits per heavy atom. The maximum absolute atomic E-state index is 8.58.